The van der Waals surface area contributed by atoms with Crippen LogP contribution in [0.4, 0.5) is 5.82 Å². The van der Waals surface area contributed by atoms with E-state index in [9.17, 15) is 0 Å². The lowest BCUT2D eigenvalue weighted by Gasteiger charge is -2.02. The molecule has 18 heavy (non-hydrogen) atoms. The molecule has 0 saturated carbocycles. The van der Waals surface area contributed by atoms with E-state index in [4.69, 9.17) is 15.0 Å². The maximum absolute atomic E-state index is 5.64. The Morgan fingerprint density at radius 2 is 1.89 bits per heavy atom. The Morgan fingerprint density at radius 3 is 2.61 bits per heavy atom. The molecule has 0 aliphatic carbocycles. The molecule has 0 spiro atoms. The molecular weight excluding hydrogens is 230 g/mol. The first-order valence-electron chi connectivity index (χ1n) is 5.44. The van der Waals surface area contributed by atoms with Crippen molar-refractivity contribution in [3.8, 4) is 17.0 Å². The van der Waals surface area contributed by atoms with Gasteiger partial charge in [0.15, 0.2) is 5.82 Å². The van der Waals surface area contributed by atoms with E-state index < -0.39 is 0 Å². The van der Waals surface area contributed by atoms with Gasteiger partial charge in [0.2, 0.25) is 0 Å². The van der Waals surface area contributed by atoms with Crippen LogP contribution in [-0.2, 0) is 0 Å². The van der Waals surface area contributed by atoms with Gasteiger partial charge in [0.1, 0.15) is 5.75 Å². The lowest BCUT2D eigenvalue weighted by atomic mass is 10.1. The van der Waals surface area contributed by atoms with Crippen molar-refractivity contribution >= 4 is 16.9 Å². The first-order valence-corrected chi connectivity index (χ1v) is 5.44. The minimum atomic E-state index is 0.360. The molecule has 0 fully saturated rings. The summed E-state index contributed by atoms with van der Waals surface area (Å²) in [5, 5.41) is 4.41. The van der Waals surface area contributed by atoms with E-state index in [1.54, 1.807) is 7.11 Å². The zero-order chi connectivity index (χ0) is 12.5. The Bertz CT molecular complexity index is 689. The van der Waals surface area contributed by atoms with Gasteiger partial charge in [-0.3, -0.25) is 0 Å². The fourth-order valence-corrected chi connectivity index (χ4v) is 1.77. The molecule has 5 nitrogen and oxygen atoms in total. The topological polar surface area (TPSA) is 74.2 Å². The highest BCUT2D eigenvalue weighted by Gasteiger charge is 2.08. The van der Waals surface area contributed by atoms with Crippen molar-refractivity contribution in [3.63, 3.8) is 0 Å². The van der Waals surface area contributed by atoms with Gasteiger partial charge in [-0.15, -0.1) is 0 Å². The Balaban J connectivity index is 2.07. The van der Waals surface area contributed by atoms with Crippen LogP contribution < -0.4 is 10.5 Å². The molecule has 0 amide bonds. The number of anilines is 1. The van der Waals surface area contributed by atoms with Gasteiger partial charge in [-0.05, 0) is 36.4 Å². The van der Waals surface area contributed by atoms with Crippen molar-refractivity contribution in [3.05, 3.63) is 36.4 Å². The lowest BCUT2D eigenvalue weighted by Crippen LogP contribution is -1.87. The second-order valence-electron chi connectivity index (χ2n) is 3.85. The fraction of sp³-hybridized carbons (Fsp3) is 0.0769. The smallest absolute Gasteiger partial charge is 0.260 e. The van der Waals surface area contributed by atoms with Crippen molar-refractivity contribution < 1.29 is 9.26 Å². The molecule has 0 saturated heterocycles. The number of pyridine rings is 1. The predicted molar refractivity (Wildman–Crippen MR) is 68.2 cm³/mol. The third kappa shape index (κ3) is 1.66. The van der Waals surface area contributed by atoms with Crippen LogP contribution in [0, 0.1) is 0 Å². The van der Waals surface area contributed by atoms with Gasteiger partial charge in [-0.1, -0.05) is 5.16 Å². The highest BCUT2D eigenvalue weighted by molar-refractivity contribution is 5.85. The summed E-state index contributed by atoms with van der Waals surface area (Å²) in [5.41, 5.74) is 7.87. The Labute approximate surface area is 103 Å². The van der Waals surface area contributed by atoms with Crippen molar-refractivity contribution in [2.45, 2.75) is 0 Å². The molecule has 2 heterocycles. The predicted octanol–water partition coefficient (Wildman–Crippen LogP) is 2.48. The number of rotatable bonds is 2. The fourth-order valence-electron chi connectivity index (χ4n) is 1.77. The van der Waals surface area contributed by atoms with Crippen LogP contribution in [0.25, 0.3) is 22.4 Å². The summed E-state index contributed by atoms with van der Waals surface area (Å²) in [6.45, 7) is 0. The van der Waals surface area contributed by atoms with Crippen molar-refractivity contribution in [1.29, 1.82) is 0 Å². The summed E-state index contributed by atoms with van der Waals surface area (Å²) in [6, 6.07) is 11.4. The highest BCUT2D eigenvalue weighted by atomic mass is 16.5. The van der Waals surface area contributed by atoms with Gasteiger partial charge in [-0.25, -0.2) is 4.98 Å². The molecule has 2 N–H and O–H groups in total. The van der Waals surface area contributed by atoms with E-state index in [1.165, 1.54) is 0 Å². The molecule has 2 aromatic heterocycles. The van der Waals surface area contributed by atoms with Crippen LogP contribution in [0.1, 0.15) is 0 Å². The number of aromatic nitrogens is 2. The van der Waals surface area contributed by atoms with Gasteiger partial charge in [0.05, 0.1) is 18.2 Å². The van der Waals surface area contributed by atoms with Crippen molar-refractivity contribution in [2.24, 2.45) is 0 Å². The summed E-state index contributed by atoms with van der Waals surface area (Å²) in [4.78, 5) is 4.37. The van der Waals surface area contributed by atoms with Crippen LogP contribution in [0.15, 0.2) is 40.9 Å². The molecule has 0 atom stereocenters. The third-order valence-corrected chi connectivity index (χ3v) is 2.75. The van der Waals surface area contributed by atoms with Crippen LogP contribution in [0.2, 0.25) is 0 Å². The van der Waals surface area contributed by atoms with Gasteiger partial charge >= 0.3 is 0 Å². The average molecular weight is 241 g/mol. The Kier molecular flexibility index (Phi) is 2.37. The number of hydrogen-bond donors (Lipinski definition) is 1. The van der Waals surface area contributed by atoms with E-state index >= 15 is 0 Å². The van der Waals surface area contributed by atoms with Crippen LogP contribution in [0.5, 0.6) is 5.75 Å². The molecule has 0 unspecified atom stereocenters. The number of nitrogens with zero attached hydrogens (tertiary/aromatic N) is 2. The normalized spacial score (nSPS) is 10.7. The first-order chi connectivity index (χ1) is 8.78. The van der Waals surface area contributed by atoms with E-state index in [0.29, 0.717) is 11.5 Å². The maximum Gasteiger partial charge on any atom is 0.260 e. The summed E-state index contributed by atoms with van der Waals surface area (Å²) in [5.74, 6) is 1.17. The standard InChI is InChI=1S/C13H11N3O2/c1-17-9-4-2-8(3-5-9)11-7-6-10-12(14)16-18-13(10)15-11/h2-7H,1H3,(H2,14,16). The third-order valence-electron chi connectivity index (χ3n) is 2.75. The van der Waals surface area contributed by atoms with Crippen molar-refractivity contribution in [2.75, 3.05) is 12.8 Å². The molecule has 0 bridgehead atoms. The molecule has 1 aromatic carbocycles. The number of nitrogens with two attached hydrogens (primary N) is 1. The largest absolute Gasteiger partial charge is 0.497 e. The van der Waals surface area contributed by atoms with E-state index in [-0.39, 0.29) is 0 Å². The molecular formula is C13H11N3O2. The Morgan fingerprint density at radius 1 is 1.11 bits per heavy atom. The average Bonchev–Trinajstić information content (AvgIpc) is 2.80. The molecule has 5 heteroatoms. The highest BCUT2D eigenvalue weighted by Crippen LogP contribution is 2.25. The minimum Gasteiger partial charge on any atom is -0.497 e. The number of ether oxygens (including phenoxy) is 1. The second-order valence-corrected chi connectivity index (χ2v) is 3.85. The second kappa shape index (κ2) is 4.03. The molecule has 3 aromatic rings. The van der Waals surface area contributed by atoms with Crippen LogP contribution in [-0.4, -0.2) is 17.3 Å². The Hall–Kier alpha value is -2.56. The van der Waals surface area contributed by atoms with E-state index in [0.717, 1.165) is 22.4 Å². The quantitative estimate of drug-likeness (QED) is 0.746. The number of hydrogen-bond acceptors (Lipinski definition) is 5. The van der Waals surface area contributed by atoms with Gasteiger partial charge in [-0.2, -0.15) is 0 Å². The van der Waals surface area contributed by atoms with Crippen LogP contribution >= 0.6 is 0 Å². The molecule has 90 valence electrons. The van der Waals surface area contributed by atoms with Gasteiger partial charge < -0.3 is 15.0 Å². The summed E-state index contributed by atoms with van der Waals surface area (Å²) in [7, 11) is 1.64. The number of fused-ring (bicyclic) bond motifs is 1. The SMILES string of the molecule is COc1ccc(-c2ccc3c(N)noc3n2)cc1. The van der Waals surface area contributed by atoms with Gasteiger partial charge in [0, 0.05) is 5.56 Å². The lowest BCUT2D eigenvalue weighted by molar-refractivity contribution is 0.415. The summed E-state index contributed by atoms with van der Waals surface area (Å²) in [6.07, 6.45) is 0. The molecule has 0 aliphatic rings. The van der Waals surface area contributed by atoms with Gasteiger partial charge in [0.25, 0.3) is 5.71 Å². The summed E-state index contributed by atoms with van der Waals surface area (Å²) >= 11 is 0. The zero-order valence-corrected chi connectivity index (χ0v) is 9.75. The first kappa shape index (κ1) is 10.6. The molecule has 0 aliphatic heterocycles. The number of benzene rings is 1. The number of methoxy groups -OCH3 is 1. The van der Waals surface area contributed by atoms with E-state index in [1.807, 2.05) is 36.4 Å². The van der Waals surface area contributed by atoms with Crippen LogP contribution in [0.3, 0.4) is 0 Å². The van der Waals surface area contributed by atoms with E-state index in [2.05, 4.69) is 10.1 Å². The molecule has 3 rings (SSSR count). The maximum atomic E-state index is 5.64. The monoisotopic (exact) mass is 241 g/mol. The summed E-state index contributed by atoms with van der Waals surface area (Å²) < 4.78 is 10.2. The zero-order valence-electron chi connectivity index (χ0n) is 9.75. The minimum absolute atomic E-state index is 0.360. The van der Waals surface area contributed by atoms with Crippen molar-refractivity contribution in [1.82, 2.24) is 10.1 Å². The molecule has 0 radical (unpaired) electrons. The number of nitrogen functional groups attached to an aromatic ring is 1.